The Bertz CT molecular complexity index is 2030. The normalized spacial score (nSPS) is 12.5. The van der Waals surface area contributed by atoms with Crippen LogP contribution in [0.5, 0.6) is 0 Å². The number of carbonyl (C=O) groups is 1. The maximum Gasteiger partial charge on any atom is 0.164 e. The van der Waals surface area contributed by atoms with Crippen molar-refractivity contribution in [3.63, 3.8) is 0 Å². The molecule has 1 radical (unpaired) electrons. The van der Waals surface area contributed by atoms with Crippen molar-refractivity contribution in [2.24, 2.45) is 16.7 Å². The second kappa shape index (κ2) is 17.7. The average Bonchev–Trinajstić information content (AvgIpc) is 3.42. The van der Waals surface area contributed by atoms with Gasteiger partial charge in [0.25, 0.3) is 0 Å². The van der Waals surface area contributed by atoms with E-state index in [-0.39, 0.29) is 47.9 Å². The summed E-state index contributed by atoms with van der Waals surface area (Å²) in [4.78, 5) is 17.3. The summed E-state index contributed by atoms with van der Waals surface area (Å²) < 4.78 is 6.25. The predicted octanol–water partition coefficient (Wildman–Crippen LogP) is 13.9. The van der Waals surface area contributed by atoms with Gasteiger partial charge in [0.1, 0.15) is 17.0 Å². The summed E-state index contributed by atoms with van der Waals surface area (Å²) in [6.45, 7) is 27.5. The third-order valence-electron chi connectivity index (χ3n) is 11.5. The van der Waals surface area contributed by atoms with Crippen LogP contribution in [0.4, 0.5) is 0 Å². The zero-order chi connectivity index (χ0) is 38.6. The summed E-state index contributed by atoms with van der Waals surface area (Å²) in [5, 5.41) is 12.5. The number of aromatic nitrogens is 1. The maximum absolute atomic E-state index is 12.2. The van der Waals surface area contributed by atoms with Gasteiger partial charge in [-0.2, -0.15) is 0 Å². The van der Waals surface area contributed by atoms with Crippen molar-refractivity contribution in [2.45, 2.75) is 128 Å². The van der Waals surface area contributed by atoms with Crippen molar-refractivity contribution in [3.8, 4) is 22.4 Å². The van der Waals surface area contributed by atoms with Crippen molar-refractivity contribution >= 4 is 27.7 Å². The van der Waals surface area contributed by atoms with Crippen molar-refractivity contribution in [1.29, 1.82) is 0 Å². The van der Waals surface area contributed by atoms with E-state index < -0.39 is 0 Å². The summed E-state index contributed by atoms with van der Waals surface area (Å²) in [5.74, 6) is 1.84. The zero-order valence-corrected chi connectivity index (χ0v) is 36.9. The minimum absolute atomic E-state index is 0. The fourth-order valence-corrected chi connectivity index (χ4v) is 6.60. The van der Waals surface area contributed by atoms with Gasteiger partial charge in [0.2, 0.25) is 0 Å². The molecule has 0 bridgehead atoms. The summed E-state index contributed by atoms with van der Waals surface area (Å²) >= 11 is 0. The van der Waals surface area contributed by atoms with Crippen LogP contribution in [0.1, 0.15) is 124 Å². The first-order valence-electron chi connectivity index (χ1n) is 19.3. The molecular formula is C48H62IrNO3-. The van der Waals surface area contributed by atoms with Gasteiger partial charge in [0, 0.05) is 53.8 Å². The molecule has 5 aromatic rings. The molecule has 0 spiro atoms. The Kier molecular flexibility index (Phi) is 14.7. The molecule has 0 saturated carbocycles. The first-order valence-corrected chi connectivity index (χ1v) is 19.3. The number of fused-ring (bicyclic) bond motifs is 2. The molecule has 5 heteroatoms. The van der Waals surface area contributed by atoms with E-state index in [1.54, 1.807) is 0 Å². The van der Waals surface area contributed by atoms with Crippen LogP contribution >= 0.6 is 0 Å². The number of carbonyl (C=O) groups excluding carboxylic acids is 1. The molecule has 0 aliphatic rings. The van der Waals surface area contributed by atoms with Gasteiger partial charge >= 0.3 is 0 Å². The number of aliphatic hydroxyl groups is 1. The summed E-state index contributed by atoms with van der Waals surface area (Å²) in [7, 11) is 0. The second-order valence-electron chi connectivity index (χ2n) is 16.6. The Morgan fingerprint density at radius 3 is 2.00 bits per heavy atom. The predicted molar refractivity (Wildman–Crippen MR) is 221 cm³/mol. The Hall–Kier alpha value is -3.53. The van der Waals surface area contributed by atoms with Gasteiger partial charge in [0.15, 0.2) is 11.4 Å². The Balaban J connectivity index is 0.000000359. The SMILES string of the molecule is CCC(C)(CC)C(=O)/C=C(\O)C(C)(CC)CC.Cc1oc2c(-c3ccc(CC(C)C)cc3)cc(-c3[c-]c4ccccc4c(C(C)(C)C)c3)nc2c1C.[Ir]. The van der Waals surface area contributed by atoms with Crippen molar-refractivity contribution in [2.75, 3.05) is 0 Å². The molecule has 0 atom stereocenters. The zero-order valence-electron chi connectivity index (χ0n) is 34.5. The quantitative estimate of drug-likeness (QED) is 0.0815. The molecule has 0 aliphatic carbocycles. The molecule has 0 saturated heterocycles. The number of allylic oxidation sites excluding steroid dienone is 2. The maximum atomic E-state index is 12.2. The van der Waals surface area contributed by atoms with E-state index in [0.29, 0.717) is 5.92 Å². The minimum Gasteiger partial charge on any atom is -0.512 e. The molecular weight excluding hydrogens is 831 g/mol. The van der Waals surface area contributed by atoms with Gasteiger partial charge in [-0.3, -0.25) is 9.78 Å². The topological polar surface area (TPSA) is 63.3 Å². The molecule has 0 amide bonds. The van der Waals surface area contributed by atoms with Gasteiger partial charge in [-0.25, -0.2) is 0 Å². The second-order valence-corrected chi connectivity index (χ2v) is 16.6. The van der Waals surface area contributed by atoms with Crippen LogP contribution in [0.15, 0.2) is 76.9 Å². The monoisotopic (exact) mass is 893 g/mol. The number of nitrogens with zero attached hydrogens (tertiary/aromatic N) is 1. The van der Waals surface area contributed by atoms with Crippen LogP contribution in [0, 0.1) is 36.7 Å². The summed E-state index contributed by atoms with van der Waals surface area (Å²) in [5.41, 5.74) is 9.13. The molecule has 5 rings (SSSR count). The van der Waals surface area contributed by atoms with Crippen molar-refractivity contribution < 1.29 is 34.4 Å². The number of ketones is 1. The minimum atomic E-state index is -0.337. The molecule has 53 heavy (non-hydrogen) atoms. The van der Waals surface area contributed by atoms with Crippen LogP contribution in [0.3, 0.4) is 0 Å². The molecule has 287 valence electrons. The van der Waals surface area contributed by atoms with E-state index in [1.807, 2.05) is 48.5 Å². The molecule has 3 aromatic carbocycles. The molecule has 0 fully saturated rings. The fraction of sp³-hybridized carbons (Fsp3) is 0.458. The standard InChI is InChI=1S/C33H34NO.C15H28O2.Ir/c1-20(2)16-23-12-14-24(15-13-23)28-19-30(34-31-21(3)22(4)35-32(28)31)26-17-25-10-8-9-11-27(25)29(18-26)33(5,6)7;1-7-14(5,8-2)12(16)11-13(17)15(6,9-3)10-4;/h8-15,18-20H,16H2,1-7H3;11,16H,7-10H2,1-6H3;/q-1;;/b;12-11-;. The third-order valence-corrected chi connectivity index (χ3v) is 11.5. The first-order chi connectivity index (χ1) is 24.4. The molecule has 2 aromatic heterocycles. The number of aryl methyl sites for hydroxylation is 2. The molecule has 0 aliphatic heterocycles. The molecule has 2 heterocycles. The third kappa shape index (κ3) is 9.78. The molecule has 1 N–H and O–H groups in total. The first kappa shape index (κ1) is 43.9. The van der Waals surface area contributed by atoms with Gasteiger partial charge in [0.05, 0.1) is 0 Å². The number of furan rings is 1. The van der Waals surface area contributed by atoms with Crippen LogP contribution in [0.2, 0.25) is 0 Å². The van der Waals surface area contributed by atoms with E-state index in [2.05, 4.69) is 108 Å². The fourth-order valence-electron chi connectivity index (χ4n) is 6.60. The van der Waals surface area contributed by atoms with Crippen molar-refractivity contribution in [1.82, 2.24) is 4.98 Å². The van der Waals surface area contributed by atoms with Crippen LogP contribution < -0.4 is 0 Å². The van der Waals surface area contributed by atoms with E-state index in [1.165, 1.54) is 22.6 Å². The van der Waals surface area contributed by atoms with Gasteiger partial charge in [-0.15, -0.1) is 29.1 Å². The van der Waals surface area contributed by atoms with Crippen LogP contribution in [-0.4, -0.2) is 15.9 Å². The van der Waals surface area contributed by atoms with E-state index in [0.717, 1.165) is 82.3 Å². The number of hydrogen-bond acceptors (Lipinski definition) is 4. The Labute approximate surface area is 333 Å². The van der Waals surface area contributed by atoms with E-state index >= 15 is 0 Å². The Morgan fingerprint density at radius 1 is 0.868 bits per heavy atom. The van der Waals surface area contributed by atoms with Crippen LogP contribution in [-0.2, 0) is 36.7 Å². The molecule has 0 unspecified atom stereocenters. The smallest absolute Gasteiger partial charge is 0.164 e. The number of rotatable bonds is 11. The number of pyridine rings is 1. The average molecular weight is 893 g/mol. The summed E-state index contributed by atoms with van der Waals surface area (Å²) in [6.07, 6.45) is 5.84. The number of hydrogen-bond donors (Lipinski definition) is 1. The Morgan fingerprint density at radius 2 is 1.45 bits per heavy atom. The van der Waals surface area contributed by atoms with Gasteiger partial charge < -0.3 is 9.52 Å². The van der Waals surface area contributed by atoms with Crippen LogP contribution in [0.25, 0.3) is 44.3 Å². The number of benzene rings is 3. The van der Waals surface area contributed by atoms with Crippen molar-refractivity contribution in [3.05, 3.63) is 101 Å². The molecule has 4 nitrogen and oxygen atoms in total. The summed E-state index contributed by atoms with van der Waals surface area (Å²) in [6, 6.07) is 25.6. The largest absolute Gasteiger partial charge is 0.512 e. The van der Waals surface area contributed by atoms with E-state index in [9.17, 15) is 9.90 Å². The van der Waals surface area contributed by atoms with E-state index in [4.69, 9.17) is 9.40 Å². The number of aliphatic hydroxyl groups excluding tert-OH is 1. The van der Waals surface area contributed by atoms with Gasteiger partial charge in [-0.05, 0) is 68.4 Å². The van der Waals surface area contributed by atoms with Gasteiger partial charge in [-0.1, -0.05) is 136 Å².